The summed E-state index contributed by atoms with van der Waals surface area (Å²) in [7, 11) is 3.37. The third kappa shape index (κ3) is 4.39. The molecule has 1 heterocycles. The first-order chi connectivity index (χ1) is 8.24. The number of aryl methyl sites for hydroxylation is 1. The molecule has 98 valence electrons. The van der Waals surface area contributed by atoms with Gasteiger partial charge in [-0.15, -0.1) is 11.3 Å². The van der Waals surface area contributed by atoms with Crippen molar-refractivity contribution < 1.29 is 9.47 Å². The molecular formula is C13H23NO2S. The van der Waals surface area contributed by atoms with Crippen molar-refractivity contribution in [2.45, 2.75) is 39.0 Å². The van der Waals surface area contributed by atoms with E-state index in [4.69, 9.17) is 9.47 Å². The van der Waals surface area contributed by atoms with E-state index in [1.807, 2.05) is 11.3 Å². The van der Waals surface area contributed by atoms with E-state index in [2.05, 4.69) is 31.3 Å². The van der Waals surface area contributed by atoms with Gasteiger partial charge in [0.05, 0.1) is 6.04 Å². The van der Waals surface area contributed by atoms with Gasteiger partial charge in [-0.1, -0.05) is 13.8 Å². The molecule has 0 aliphatic carbocycles. The van der Waals surface area contributed by atoms with Gasteiger partial charge in [-0.3, -0.25) is 0 Å². The van der Waals surface area contributed by atoms with Gasteiger partial charge in [0.15, 0.2) is 6.29 Å². The van der Waals surface area contributed by atoms with E-state index < -0.39 is 0 Å². The molecule has 1 N–H and O–H groups in total. The lowest BCUT2D eigenvalue weighted by molar-refractivity contribution is -0.122. The van der Waals surface area contributed by atoms with Crippen LogP contribution in [0.1, 0.15) is 23.6 Å². The molecule has 1 unspecified atom stereocenters. The predicted octanol–water partition coefficient (Wildman–Crippen LogP) is 2.45. The maximum absolute atomic E-state index is 5.34. The Balaban J connectivity index is 2.64. The molecule has 1 aromatic rings. The molecular weight excluding hydrogens is 234 g/mol. The van der Waals surface area contributed by atoms with Crippen LogP contribution in [0.2, 0.25) is 0 Å². The summed E-state index contributed by atoms with van der Waals surface area (Å²) in [4.78, 5) is 2.81. The quantitative estimate of drug-likeness (QED) is 0.726. The minimum Gasteiger partial charge on any atom is -0.354 e. The number of hydrogen-bond donors (Lipinski definition) is 1. The Hall–Kier alpha value is -0.420. The van der Waals surface area contributed by atoms with Gasteiger partial charge in [0.1, 0.15) is 0 Å². The van der Waals surface area contributed by atoms with Crippen molar-refractivity contribution in [2.75, 3.05) is 20.8 Å². The number of rotatable bonds is 8. The molecule has 1 aromatic heterocycles. The van der Waals surface area contributed by atoms with Crippen LogP contribution in [0.25, 0.3) is 0 Å². The molecule has 0 bridgehead atoms. The summed E-state index contributed by atoms with van der Waals surface area (Å²) in [5.41, 5.74) is 0. The van der Waals surface area contributed by atoms with Crippen molar-refractivity contribution in [1.29, 1.82) is 0 Å². The highest BCUT2D eigenvalue weighted by atomic mass is 32.1. The third-order valence-corrected chi connectivity index (χ3v) is 4.00. The molecule has 0 saturated heterocycles. The second kappa shape index (κ2) is 7.82. The van der Waals surface area contributed by atoms with Crippen LogP contribution >= 0.6 is 11.3 Å². The number of thiophene rings is 1. The highest BCUT2D eigenvalue weighted by Gasteiger charge is 2.20. The lowest BCUT2D eigenvalue weighted by Gasteiger charge is -2.25. The topological polar surface area (TPSA) is 30.5 Å². The van der Waals surface area contributed by atoms with Crippen LogP contribution in [-0.2, 0) is 22.3 Å². The Labute approximate surface area is 108 Å². The maximum atomic E-state index is 5.34. The molecule has 1 rings (SSSR count). The molecule has 1 atom stereocenters. The van der Waals surface area contributed by atoms with Crippen molar-refractivity contribution in [3.63, 3.8) is 0 Å². The average Bonchev–Trinajstić information content (AvgIpc) is 2.78. The average molecular weight is 257 g/mol. The van der Waals surface area contributed by atoms with Gasteiger partial charge >= 0.3 is 0 Å². The monoisotopic (exact) mass is 257 g/mol. The summed E-state index contributed by atoms with van der Waals surface area (Å²) in [6.45, 7) is 5.20. The smallest absolute Gasteiger partial charge is 0.172 e. The second-order valence-corrected chi connectivity index (χ2v) is 5.18. The van der Waals surface area contributed by atoms with Crippen molar-refractivity contribution in [3.05, 3.63) is 21.9 Å². The lowest BCUT2D eigenvalue weighted by Crippen LogP contribution is -2.43. The van der Waals surface area contributed by atoms with Crippen molar-refractivity contribution >= 4 is 11.3 Å². The van der Waals surface area contributed by atoms with Crippen molar-refractivity contribution in [1.82, 2.24) is 5.32 Å². The van der Waals surface area contributed by atoms with E-state index in [0.29, 0.717) is 0 Å². The minimum absolute atomic E-state index is 0.192. The summed E-state index contributed by atoms with van der Waals surface area (Å²) in [6, 6.07) is 4.62. The van der Waals surface area contributed by atoms with Gasteiger partial charge in [0.25, 0.3) is 0 Å². The van der Waals surface area contributed by atoms with Gasteiger partial charge < -0.3 is 14.8 Å². The van der Waals surface area contributed by atoms with Crippen LogP contribution in [0.3, 0.4) is 0 Å². The second-order valence-electron chi connectivity index (χ2n) is 3.93. The van der Waals surface area contributed by atoms with Crippen LogP contribution in [0.15, 0.2) is 12.1 Å². The molecule has 0 fully saturated rings. The van der Waals surface area contributed by atoms with Crippen LogP contribution in [0, 0.1) is 0 Å². The van der Waals surface area contributed by atoms with Gasteiger partial charge in [-0.25, -0.2) is 0 Å². The van der Waals surface area contributed by atoms with Gasteiger partial charge in [0.2, 0.25) is 0 Å². The van der Waals surface area contributed by atoms with E-state index in [1.54, 1.807) is 14.2 Å². The van der Waals surface area contributed by atoms with Gasteiger partial charge in [0, 0.05) is 30.4 Å². The number of ether oxygens (including phenoxy) is 2. The van der Waals surface area contributed by atoms with E-state index in [9.17, 15) is 0 Å². The summed E-state index contributed by atoms with van der Waals surface area (Å²) in [5, 5.41) is 3.42. The summed E-state index contributed by atoms with van der Waals surface area (Å²) >= 11 is 1.87. The highest BCUT2D eigenvalue weighted by molar-refractivity contribution is 7.11. The van der Waals surface area contributed by atoms with E-state index >= 15 is 0 Å². The van der Waals surface area contributed by atoms with Crippen LogP contribution in [0.4, 0.5) is 0 Å². The number of methoxy groups -OCH3 is 2. The van der Waals surface area contributed by atoms with Gasteiger partial charge in [-0.05, 0) is 25.1 Å². The molecule has 0 radical (unpaired) electrons. The fourth-order valence-corrected chi connectivity index (χ4v) is 2.91. The van der Waals surface area contributed by atoms with Crippen LogP contribution < -0.4 is 5.32 Å². The minimum atomic E-state index is -0.192. The highest BCUT2D eigenvalue weighted by Crippen LogP contribution is 2.19. The third-order valence-electron chi connectivity index (χ3n) is 2.75. The van der Waals surface area contributed by atoms with Gasteiger partial charge in [-0.2, -0.15) is 0 Å². The first-order valence-corrected chi connectivity index (χ1v) is 6.93. The van der Waals surface area contributed by atoms with E-state index in [0.717, 1.165) is 19.4 Å². The normalized spacial score (nSPS) is 13.2. The molecule has 0 amide bonds. The lowest BCUT2D eigenvalue weighted by atomic mass is 10.1. The Morgan fingerprint density at radius 3 is 2.29 bits per heavy atom. The van der Waals surface area contributed by atoms with Crippen LogP contribution in [0.5, 0.6) is 0 Å². The molecule has 0 saturated carbocycles. The maximum Gasteiger partial charge on any atom is 0.172 e. The Bertz CT molecular complexity index is 310. The van der Waals surface area contributed by atoms with Crippen LogP contribution in [-0.4, -0.2) is 33.1 Å². The molecule has 0 aromatic carbocycles. The predicted molar refractivity (Wildman–Crippen MR) is 72.7 cm³/mol. The zero-order valence-corrected chi connectivity index (χ0v) is 12.0. The molecule has 0 aliphatic heterocycles. The molecule has 17 heavy (non-hydrogen) atoms. The molecule has 0 aliphatic rings. The first-order valence-electron chi connectivity index (χ1n) is 6.11. The largest absolute Gasteiger partial charge is 0.354 e. The molecule has 3 nitrogen and oxygen atoms in total. The van der Waals surface area contributed by atoms with E-state index in [1.165, 1.54) is 9.75 Å². The Morgan fingerprint density at radius 2 is 1.82 bits per heavy atom. The zero-order valence-electron chi connectivity index (χ0n) is 11.2. The summed E-state index contributed by atoms with van der Waals surface area (Å²) in [6.07, 6.45) is 1.86. The Morgan fingerprint density at radius 1 is 1.18 bits per heavy atom. The SMILES string of the molecule is CCNC(Cc1ccc(CC)s1)C(OC)OC. The summed E-state index contributed by atoms with van der Waals surface area (Å²) in [5.74, 6) is 0. The molecule has 4 heteroatoms. The first kappa shape index (κ1) is 14.6. The van der Waals surface area contributed by atoms with Crippen molar-refractivity contribution in [2.24, 2.45) is 0 Å². The van der Waals surface area contributed by atoms with Crippen molar-refractivity contribution in [3.8, 4) is 0 Å². The molecule has 0 spiro atoms. The summed E-state index contributed by atoms with van der Waals surface area (Å²) < 4.78 is 10.7. The standard InChI is InChI=1S/C13H23NO2S/c1-5-10-7-8-11(17-10)9-12(14-6-2)13(15-3)16-4/h7-8,12-14H,5-6,9H2,1-4H3. The van der Waals surface area contributed by atoms with E-state index in [-0.39, 0.29) is 12.3 Å². The number of hydrogen-bond acceptors (Lipinski definition) is 4. The zero-order chi connectivity index (χ0) is 12.7. The Kier molecular flexibility index (Phi) is 6.73. The fourth-order valence-electron chi connectivity index (χ4n) is 1.89. The number of nitrogens with one attached hydrogen (secondary N) is 1. The number of likely N-dealkylation sites (N-methyl/N-ethyl adjacent to an activating group) is 1. The fraction of sp³-hybridized carbons (Fsp3) is 0.692.